The molecule has 16 heavy (non-hydrogen) atoms. The molecule has 1 nitrogen and oxygen atoms in total. The van der Waals surface area contributed by atoms with Gasteiger partial charge >= 0.3 is 0 Å². The van der Waals surface area contributed by atoms with Crippen molar-refractivity contribution in [3.63, 3.8) is 0 Å². The smallest absolute Gasteiger partial charge is 0.0359 e. The molecule has 1 heterocycles. The highest BCUT2D eigenvalue weighted by atomic mass is 15.1. The van der Waals surface area contributed by atoms with Crippen LogP contribution in [0.3, 0.4) is 0 Å². The average molecular weight is 215 g/mol. The van der Waals surface area contributed by atoms with E-state index in [4.69, 9.17) is 0 Å². The summed E-state index contributed by atoms with van der Waals surface area (Å²) in [6, 6.07) is 0. The molecule has 2 aliphatic rings. The molecular formula is C15H21N. The second-order valence-corrected chi connectivity index (χ2v) is 4.96. The zero-order valence-corrected chi connectivity index (χ0v) is 10.5. The number of hydrogen-bond donors (Lipinski definition) is 0. The molecule has 0 saturated carbocycles. The van der Waals surface area contributed by atoms with Crippen LogP contribution in [0, 0.1) is 5.92 Å². The molecule has 1 atom stereocenters. The SMILES string of the molecule is CC1=C/CC2=C(C=CC(C)C2)N(C)C/C=C\1. The summed E-state index contributed by atoms with van der Waals surface area (Å²) in [4.78, 5) is 2.35. The molecule has 0 aromatic carbocycles. The van der Waals surface area contributed by atoms with Crippen molar-refractivity contribution in [2.75, 3.05) is 13.6 Å². The summed E-state index contributed by atoms with van der Waals surface area (Å²) in [5.41, 5.74) is 4.39. The minimum Gasteiger partial charge on any atom is -0.371 e. The van der Waals surface area contributed by atoms with E-state index >= 15 is 0 Å². The number of allylic oxidation sites excluding steroid dienone is 6. The van der Waals surface area contributed by atoms with Crippen LogP contribution in [0.25, 0.3) is 0 Å². The average Bonchev–Trinajstić information content (AvgIpc) is 2.31. The van der Waals surface area contributed by atoms with Crippen LogP contribution in [0.1, 0.15) is 26.7 Å². The van der Waals surface area contributed by atoms with Gasteiger partial charge in [0.05, 0.1) is 0 Å². The Balaban J connectivity index is 2.31. The Morgan fingerprint density at radius 2 is 2.12 bits per heavy atom. The van der Waals surface area contributed by atoms with E-state index in [9.17, 15) is 0 Å². The van der Waals surface area contributed by atoms with E-state index in [0.29, 0.717) is 5.92 Å². The second kappa shape index (κ2) is 4.73. The maximum absolute atomic E-state index is 2.35. The third-order valence-electron chi connectivity index (χ3n) is 3.35. The molecule has 1 unspecified atom stereocenters. The summed E-state index contributed by atoms with van der Waals surface area (Å²) in [6.45, 7) is 5.48. The molecule has 1 heteroatoms. The first-order valence-corrected chi connectivity index (χ1v) is 6.11. The summed E-state index contributed by atoms with van der Waals surface area (Å²) in [5.74, 6) is 0.689. The molecule has 1 aliphatic heterocycles. The quantitative estimate of drug-likeness (QED) is 0.596. The van der Waals surface area contributed by atoms with E-state index in [-0.39, 0.29) is 0 Å². The highest BCUT2D eigenvalue weighted by Crippen LogP contribution is 2.28. The van der Waals surface area contributed by atoms with Gasteiger partial charge in [-0.1, -0.05) is 36.8 Å². The van der Waals surface area contributed by atoms with Crippen molar-refractivity contribution in [3.8, 4) is 0 Å². The molecule has 0 fully saturated rings. The fraction of sp³-hybridized carbons (Fsp3) is 0.467. The number of hydrogen-bond acceptors (Lipinski definition) is 1. The molecular weight excluding hydrogens is 194 g/mol. The number of likely N-dealkylation sites (N-methyl/N-ethyl adjacent to an activating group) is 1. The van der Waals surface area contributed by atoms with Crippen LogP contribution >= 0.6 is 0 Å². The third-order valence-corrected chi connectivity index (χ3v) is 3.35. The number of nitrogens with zero attached hydrogens (tertiary/aromatic N) is 1. The van der Waals surface area contributed by atoms with Crippen LogP contribution < -0.4 is 0 Å². The van der Waals surface area contributed by atoms with Gasteiger partial charge in [0.25, 0.3) is 0 Å². The van der Waals surface area contributed by atoms with Crippen molar-refractivity contribution in [1.82, 2.24) is 4.90 Å². The molecule has 0 bridgehead atoms. The molecule has 1 aliphatic carbocycles. The largest absolute Gasteiger partial charge is 0.371 e. The highest BCUT2D eigenvalue weighted by Gasteiger charge is 2.15. The molecule has 0 saturated heterocycles. The summed E-state index contributed by atoms with van der Waals surface area (Å²) < 4.78 is 0. The minimum absolute atomic E-state index is 0.689. The third kappa shape index (κ3) is 2.46. The van der Waals surface area contributed by atoms with Gasteiger partial charge in [-0.3, -0.25) is 0 Å². The summed E-state index contributed by atoms with van der Waals surface area (Å²) >= 11 is 0. The fourth-order valence-corrected chi connectivity index (χ4v) is 2.37. The minimum atomic E-state index is 0.689. The van der Waals surface area contributed by atoms with Crippen molar-refractivity contribution >= 4 is 0 Å². The van der Waals surface area contributed by atoms with Gasteiger partial charge in [0.2, 0.25) is 0 Å². The van der Waals surface area contributed by atoms with Gasteiger partial charge in [-0.05, 0) is 37.3 Å². The van der Waals surface area contributed by atoms with Crippen LogP contribution in [0.4, 0.5) is 0 Å². The highest BCUT2D eigenvalue weighted by molar-refractivity contribution is 5.33. The van der Waals surface area contributed by atoms with E-state index in [1.165, 1.54) is 17.7 Å². The second-order valence-electron chi connectivity index (χ2n) is 4.96. The van der Waals surface area contributed by atoms with Crippen molar-refractivity contribution in [1.29, 1.82) is 0 Å². The summed E-state index contributed by atoms with van der Waals surface area (Å²) in [7, 11) is 2.18. The maximum Gasteiger partial charge on any atom is 0.0359 e. The van der Waals surface area contributed by atoms with Gasteiger partial charge < -0.3 is 4.90 Å². The zero-order valence-electron chi connectivity index (χ0n) is 10.5. The molecule has 0 N–H and O–H groups in total. The Labute approximate surface area is 98.8 Å². The van der Waals surface area contributed by atoms with Crippen LogP contribution in [0.5, 0.6) is 0 Å². The Kier molecular flexibility index (Phi) is 3.33. The molecule has 0 radical (unpaired) electrons. The van der Waals surface area contributed by atoms with E-state index in [2.05, 4.69) is 56.2 Å². The van der Waals surface area contributed by atoms with Crippen LogP contribution in [-0.2, 0) is 0 Å². The molecule has 0 spiro atoms. The topological polar surface area (TPSA) is 3.24 Å². The van der Waals surface area contributed by atoms with Crippen LogP contribution in [-0.4, -0.2) is 18.5 Å². The van der Waals surface area contributed by atoms with E-state index in [1.54, 1.807) is 5.57 Å². The first kappa shape index (κ1) is 11.3. The van der Waals surface area contributed by atoms with Crippen LogP contribution in [0.2, 0.25) is 0 Å². The molecule has 2 rings (SSSR count). The molecule has 0 amide bonds. The lowest BCUT2D eigenvalue weighted by Crippen LogP contribution is -2.20. The summed E-state index contributed by atoms with van der Waals surface area (Å²) in [5, 5.41) is 0. The maximum atomic E-state index is 2.35. The van der Waals surface area contributed by atoms with Crippen LogP contribution in [0.15, 0.2) is 47.2 Å². The van der Waals surface area contributed by atoms with Gasteiger partial charge in [-0.15, -0.1) is 0 Å². The fourth-order valence-electron chi connectivity index (χ4n) is 2.37. The van der Waals surface area contributed by atoms with Gasteiger partial charge in [-0.25, -0.2) is 0 Å². The summed E-state index contributed by atoms with van der Waals surface area (Å²) in [6.07, 6.45) is 13.7. The zero-order chi connectivity index (χ0) is 11.5. The Morgan fingerprint density at radius 1 is 1.31 bits per heavy atom. The predicted molar refractivity (Wildman–Crippen MR) is 70.1 cm³/mol. The van der Waals surface area contributed by atoms with E-state index in [0.717, 1.165) is 13.0 Å². The van der Waals surface area contributed by atoms with Crippen molar-refractivity contribution in [3.05, 3.63) is 47.2 Å². The Hall–Kier alpha value is -1.24. The Morgan fingerprint density at radius 3 is 2.94 bits per heavy atom. The predicted octanol–water partition coefficient (Wildman–Crippen LogP) is 3.67. The lowest BCUT2D eigenvalue weighted by atomic mass is 9.91. The van der Waals surface area contributed by atoms with Gasteiger partial charge in [0, 0.05) is 19.3 Å². The van der Waals surface area contributed by atoms with E-state index in [1.807, 2.05) is 0 Å². The van der Waals surface area contributed by atoms with Crippen molar-refractivity contribution in [2.45, 2.75) is 26.7 Å². The van der Waals surface area contributed by atoms with Crippen molar-refractivity contribution < 1.29 is 0 Å². The van der Waals surface area contributed by atoms with E-state index < -0.39 is 0 Å². The molecule has 86 valence electrons. The Bertz CT molecular complexity index is 382. The monoisotopic (exact) mass is 215 g/mol. The first-order chi connectivity index (χ1) is 7.66. The molecule has 0 aromatic rings. The van der Waals surface area contributed by atoms with Gasteiger partial charge in [0.1, 0.15) is 0 Å². The number of rotatable bonds is 0. The lowest BCUT2D eigenvalue weighted by molar-refractivity contribution is 0.461. The van der Waals surface area contributed by atoms with Gasteiger partial charge in [0.15, 0.2) is 0 Å². The van der Waals surface area contributed by atoms with Gasteiger partial charge in [-0.2, -0.15) is 0 Å². The first-order valence-electron chi connectivity index (χ1n) is 6.11. The lowest BCUT2D eigenvalue weighted by Gasteiger charge is -2.26. The standard InChI is InChI=1S/C15H21N/c1-12-5-4-10-16(3)15-9-7-13(2)11-14(15)8-6-12/h4-7,9,13H,8,10-11H2,1-3H3/b5-4-,12-6-. The van der Waals surface area contributed by atoms with Crippen molar-refractivity contribution in [2.24, 2.45) is 5.92 Å². The molecule has 0 aromatic heterocycles. The normalized spacial score (nSPS) is 31.1.